The van der Waals surface area contributed by atoms with Gasteiger partial charge in [-0.15, -0.1) is 0 Å². The molecule has 10 heteroatoms. The van der Waals surface area contributed by atoms with Gasteiger partial charge in [0.25, 0.3) is 5.91 Å². The number of nitrogens with zero attached hydrogens (tertiary/aromatic N) is 2. The van der Waals surface area contributed by atoms with Gasteiger partial charge >= 0.3 is 0 Å². The fourth-order valence-corrected chi connectivity index (χ4v) is 2.68. The number of carbonyl (C=O) groups is 2. The molecule has 2 aromatic rings. The van der Waals surface area contributed by atoms with E-state index in [1.165, 1.54) is 47.5 Å². The monoisotopic (exact) mass is 435 g/mol. The van der Waals surface area contributed by atoms with Gasteiger partial charge in [0, 0.05) is 30.3 Å². The molecular weight excluding hydrogens is 414 g/mol. The average Bonchev–Trinajstić information content (AvgIpc) is 2.74. The molecule has 1 N–H and O–H groups in total. The van der Waals surface area contributed by atoms with Crippen molar-refractivity contribution in [2.45, 2.75) is 13.0 Å². The van der Waals surface area contributed by atoms with Gasteiger partial charge in [-0.25, -0.2) is 0 Å². The first-order valence-electron chi connectivity index (χ1n) is 8.69. The van der Waals surface area contributed by atoms with E-state index in [1.54, 1.807) is 18.2 Å². The highest BCUT2D eigenvalue weighted by Crippen LogP contribution is 2.36. The Morgan fingerprint density at radius 3 is 2.00 bits per heavy atom. The van der Waals surface area contributed by atoms with Crippen molar-refractivity contribution in [1.29, 1.82) is 0 Å². The molecule has 1 unspecified atom stereocenters. The van der Waals surface area contributed by atoms with Gasteiger partial charge in [0.05, 0.1) is 44.8 Å². The third-order valence-corrected chi connectivity index (χ3v) is 4.29. The number of anilines is 1. The molecule has 0 spiro atoms. The smallest absolute Gasteiger partial charge is 0.258 e. The zero-order chi connectivity index (χ0) is 22.3. The summed E-state index contributed by atoms with van der Waals surface area (Å²) >= 11 is 6.07. The molecule has 0 bridgehead atoms. The Kier molecular flexibility index (Phi) is 7.99. The maximum absolute atomic E-state index is 12.7. The highest BCUT2D eigenvalue weighted by Gasteiger charge is 2.25. The number of hydrogen-bond donors (Lipinski definition) is 1. The molecule has 30 heavy (non-hydrogen) atoms. The van der Waals surface area contributed by atoms with Crippen molar-refractivity contribution in [2.24, 2.45) is 10.2 Å². The Morgan fingerprint density at radius 2 is 1.50 bits per heavy atom. The minimum Gasteiger partial charge on any atom is -0.497 e. The van der Waals surface area contributed by atoms with E-state index in [0.717, 1.165) is 0 Å². The highest BCUT2D eigenvalue weighted by molar-refractivity contribution is 6.32. The second-order valence-electron chi connectivity index (χ2n) is 5.98. The van der Waals surface area contributed by atoms with Crippen LogP contribution < -0.4 is 24.3 Å². The predicted octanol–water partition coefficient (Wildman–Crippen LogP) is 4.05. The van der Waals surface area contributed by atoms with Gasteiger partial charge in [-0.05, 0) is 6.92 Å². The summed E-state index contributed by atoms with van der Waals surface area (Å²) in [6.07, 6.45) is 0. The fraction of sp³-hybridized carbons (Fsp3) is 0.300. The zero-order valence-corrected chi connectivity index (χ0v) is 17.9. The van der Waals surface area contributed by atoms with Gasteiger partial charge in [0.2, 0.25) is 6.04 Å². The molecule has 0 saturated heterocycles. The SMILES string of the molecule is COc1cc(N=NC(C(C)=O)C(=O)Nc2cc(OC)c(Cl)cc2OC)cc(OC)c1. The maximum atomic E-state index is 12.7. The van der Waals surface area contributed by atoms with Gasteiger partial charge in [-0.2, -0.15) is 10.2 Å². The van der Waals surface area contributed by atoms with E-state index in [4.69, 9.17) is 30.5 Å². The van der Waals surface area contributed by atoms with Crippen LogP contribution in [0.15, 0.2) is 40.6 Å². The molecule has 2 aromatic carbocycles. The summed E-state index contributed by atoms with van der Waals surface area (Å²) < 4.78 is 20.7. The van der Waals surface area contributed by atoms with E-state index in [0.29, 0.717) is 33.7 Å². The van der Waals surface area contributed by atoms with Gasteiger partial charge in [0.1, 0.15) is 23.0 Å². The Hall–Kier alpha value is -3.33. The fourth-order valence-electron chi connectivity index (χ4n) is 2.45. The lowest BCUT2D eigenvalue weighted by Crippen LogP contribution is -2.32. The summed E-state index contributed by atoms with van der Waals surface area (Å²) in [7, 11) is 5.85. The number of hydrogen-bond acceptors (Lipinski definition) is 8. The Morgan fingerprint density at radius 1 is 0.900 bits per heavy atom. The van der Waals surface area contributed by atoms with E-state index in [2.05, 4.69) is 15.5 Å². The van der Waals surface area contributed by atoms with Crippen LogP contribution in [0.2, 0.25) is 5.02 Å². The Bertz CT molecular complexity index is 942. The number of nitrogens with one attached hydrogen (secondary N) is 1. The molecule has 0 heterocycles. The van der Waals surface area contributed by atoms with E-state index in [1.807, 2.05) is 0 Å². The summed E-state index contributed by atoms with van der Waals surface area (Å²) in [5, 5.41) is 10.8. The van der Waals surface area contributed by atoms with Crippen LogP contribution >= 0.6 is 11.6 Å². The van der Waals surface area contributed by atoms with Crippen molar-refractivity contribution in [1.82, 2.24) is 0 Å². The standard InChI is InChI=1S/C20H22ClN3O6/c1-11(25)19(24-23-12-6-13(27-2)8-14(7-12)28-3)20(26)22-16-10-17(29-4)15(21)9-18(16)30-5/h6-10,19H,1-5H3,(H,22,26). The number of rotatable bonds is 9. The first-order valence-corrected chi connectivity index (χ1v) is 9.07. The summed E-state index contributed by atoms with van der Waals surface area (Å²) in [6, 6.07) is 6.44. The molecule has 0 aliphatic rings. The molecule has 0 aliphatic carbocycles. The molecule has 0 radical (unpaired) electrons. The number of azo groups is 1. The molecule has 1 amide bonds. The summed E-state index contributed by atoms with van der Waals surface area (Å²) in [6.45, 7) is 1.25. The van der Waals surface area contributed by atoms with Crippen LogP contribution in [0.1, 0.15) is 6.92 Å². The quantitative estimate of drug-likeness (QED) is 0.470. The highest BCUT2D eigenvalue weighted by atomic mass is 35.5. The number of ketones is 1. The largest absolute Gasteiger partial charge is 0.497 e. The molecule has 2 rings (SSSR count). The third-order valence-electron chi connectivity index (χ3n) is 3.99. The number of Topliss-reactive ketones (excluding diaryl/α,β-unsaturated/α-hetero) is 1. The number of methoxy groups -OCH3 is 4. The molecule has 9 nitrogen and oxygen atoms in total. The minimum absolute atomic E-state index is 0.272. The van der Waals surface area contributed by atoms with Crippen LogP contribution in [0.3, 0.4) is 0 Å². The van der Waals surface area contributed by atoms with Crippen LogP contribution in [-0.2, 0) is 9.59 Å². The van der Waals surface area contributed by atoms with Gasteiger partial charge in [-0.3, -0.25) is 9.59 Å². The number of ether oxygens (including phenoxy) is 4. The van der Waals surface area contributed by atoms with Crippen LogP contribution in [0, 0.1) is 0 Å². The number of benzene rings is 2. The van der Waals surface area contributed by atoms with E-state index >= 15 is 0 Å². The second-order valence-corrected chi connectivity index (χ2v) is 6.38. The predicted molar refractivity (Wildman–Crippen MR) is 112 cm³/mol. The normalized spacial score (nSPS) is 11.7. The molecule has 0 aliphatic heterocycles. The average molecular weight is 436 g/mol. The number of carbonyl (C=O) groups excluding carboxylic acids is 2. The maximum Gasteiger partial charge on any atom is 0.258 e. The topological polar surface area (TPSA) is 108 Å². The van der Waals surface area contributed by atoms with Crippen molar-refractivity contribution in [3.63, 3.8) is 0 Å². The summed E-state index contributed by atoms with van der Waals surface area (Å²) in [5.74, 6) is 0.424. The summed E-state index contributed by atoms with van der Waals surface area (Å²) in [5.41, 5.74) is 0.629. The third kappa shape index (κ3) is 5.60. The molecule has 160 valence electrons. The lowest BCUT2D eigenvalue weighted by molar-refractivity contribution is -0.126. The van der Waals surface area contributed by atoms with Crippen LogP contribution in [0.4, 0.5) is 11.4 Å². The van der Waals surface area contributed by atoms with Crippen molar-refractivity contribution >= 4 is 34.7 Å². The van der Waals surface area contributed by atoms with Gasteiger partial charge in [-0.1, -0.05) is 11.6 Å². The first kappa shape index (κ1) is 23.0. The van der Waals surface area contributed by atoms with Crippen LogP contribution in [0.25, 0.3) is 0 Å². The number of amides is 1. The summed E-state index contributed by atoms with van der Waals surface area (Å²) in [4.78, 5) is 24.7. The lowest BCUT2D eigenvalue weighted by Gasteiger charge is -2.14. The van der Waals surface area contributed by atoms with Crippen molar-refractivity contribution in [3.8, 4) is 23.0 Å². The lowest BCUT2D eigenvalue weighted by atomic mass is 10.2. The second kappa shape index (κ2) is 10.4. The molecule has 0 aromatic heterocycles. The Labute approximate surface area is 178 Å². The van der Waals surface area contributed by atoms with Crippen LogP contribution in [-0.4, -0.2) is 46.2 Å². The zero-order valence-electron chi connectivity index (χ0n) is 17.2. The van der Waals surface area contributed by atoms with Gasteiger partial charge in [0.15, 0.2) is 5.78 Å². The van der Waals surface area contributed by atoms with Gasteiger partial charge < -0.3 is 24.3 Å². The van der Waals surface area contributed by atoms with E-state index in [9.17, 15) is 9.59 Å². The molecule has 0 saturated carbocycles. The van der Waals surface area contributed by atoms with Crippen LogP contribution in [0.5, 0.6) is 23.0 Å². The van der Waals surface area contributed by atoms with E-state index in [-0.39, 0.29) is 5.69 Å². The minimum atomic E-state index is -1.38. The Balaban J connectivity index is 2.30. The first-order chi connectivity index (χ1) is 14.3. The van der Waals surface area contributed by atoms with Crippen molar-refractivity contribution in [2.75, 3.05) is 33.8 Å². The van der Waals surface area contributed by atoms with Crippen molar-refractivity contribution in [3.05, 3.63) is 35.4 Å². The molecular formula is C20H22ClN3O6. The number of halogens is 1. The molecule has 1 atom stereocenters. The molecule has 0 fully saturated rings. The van der Waals surface area contributed by atoms with E-state index < -0.39 is 17.7 Å². The van der Waals surface area contributed by atoms with Crippen molar-refractivity contribution < 1.29 is 28.5 Å².